The summed E-state index contributed by atoms with van der Waals surface area (Å²) in [5, 5.41) is 7.63. The van der Waals surface area contributed by atoms with Crippen LogP contribution in [0.5, 0.6) is 0 Å². The molecule has 0 amide bonds. The predicted molar refractivity (Wildman–Crippen MR) is 95.8 cm³/mol. The minimum Gasteiger partial charge on any atom is -0.381 e. The summed E-state index contributed by atoms with van der Waals surface area (Å²) in [6.07, 6.45) is 1.87. The van der Waals surface area contributed by atoms with Gasteiger partial charge in [0.15, 0.2) is 11.6 Å². The molecule has 8 heteroatoms. The Kier molecular flexibility index (Phi) is 6.16. The van der Waals surface area contributed by atoms with E-state index in [1.54, 1.807) is 7.11 Å². The number of hydrogen-bond acceptors (Lipinski definition) is 8. The molecule has 0 saturated carbocycles. The van der Waals surface area contributed by atoms with Crippen LogP contribution in [0, 0.1) is 12.8 Å². The number of aryl methyl sites for hydroxylation is 1. The van der Waals surface area contributed by atoms with Crippen LogP contribution in [-0.4, -0.2) is 40.4 Å². The van der Waals surface area contributed by atoms with Gasteiger partial charge >= 0.3 is 0 Å². The van der Waals surface area contributed by atoms with Gasteiger partial charge in [0.25, 0.3) is 0 Å². The lowest BCUT2D eigenvalue weighted by molar-refractivity contribution is 0.0570. The molecule has 0 radical (unpaired) electrons. The van der Waals surface area contributed by atoms with Crippen molar-refractivity contribution in [3.05, 3.63) is 29.3 Å². The van der Waals surface area contributed by atoms with Crippen LogP contribution in [-0.2, 0) is 16.1 Å². The number of rotatable bonds is 7. The van der Waals surface area contributed by atoms with Gasteiger partial charge in [0.2, 0.25) is 5.89 Å². The molecule has 0 unspecified atom stereocenters. The second-order valence-electron chi connectivity index (χ2n) is 6.96. The summed E-state index contributed by atoms with van der Waals surface area (Å²) in [6, 6.07) is 1.81. The molecule has 1 saturated heterocycles. The van der Waals surface area contributed by atoms with E-state index in [0.717, 1.165) is 43.4 Å². The highest BCUT2D eigenvalue weighted by Crippen LogP contribution is 2.32. The van der Waals surface area contributed by atoms with Gasteiger partial charge in [0, 0.05) is 38.0 Å². The molecule has 1 fully saturated rings. The number of nitrogens with one attached hydrogen (secondary N) is 1. The Morgan fingerprint density at radius 1 is 1.23 bits per heavy atom. The normalized spacial score (nSPS) is 16.8. The molecule has 0 aromatic carbocycles. The highest BCUT2D eigenvalue weighted by molar-refractivity contribution is 5.38. The summed E-state index contributed by atoms with van der Waals surface area (Å²) in [5.74, 6) is 3.27. The van der Waals surface area contributed by atoms with Gasteiger partial charge < -0.3 is 19.3 Å². The molecule has 0 spiro atoms. The van der Waals surface area contributed by atoms with E-state index in [1.807, 2.05) is 13.0 Å². The maximum Gasteiger partial charge on any atom is 0.249 e. The SMILES string of the molecule is COCc1nc(C)cc(N[C@H](c2nc(C(C)C)no2)C2CCOCC2)n1. The molecule has 142 valence electrons. The molecule has 1 N–H and O–H groups in total. The molecule has 2 aromatic rings. The van der Waals surface area contributed by atoms with E-state index < -0.39 is 0 Å². The Balaban J connectivity index is 1.87. The third-order valence-corrected chi connectivity index (χ3v) is 4.45. The van der Waals surface area contributed by atoms with Gasteiger partial charge in [0.1, 0.15) is 18.5 Å². The van der Waals surface area contributed by atoms with Gasteiger partial charge in [-0.1, -0.05) is 19.0 Å². The van der Waals surface area contributed by atoms with Crippen LogP contribution >= 0.6 is 0 Å². The average Bonchev–Trinajstić information content (AvgIpc) is 3.10. The number of anilines is 1. The van der Waals surface area contributed by atoms with Gasteiger partial charge in [-0.05, 0) is 25.7 Å². The summed E-state index contributed by atoms with van der Waals surface area (Å²) >= 11 is 0. The summed E-state index contributed by atoms with van der Waals surface area (Å²) < 4.78 is 16.3. The van der Waals surface area contributed by atoms with Crippen molar-refractivity contribution in [3.63, 3.8) is 0 Å². The molecule has 0 aliphatic carbocycles. The first kappa shape index (κ1) is 18.7. The first-order chi connectivity index (χ1) is 12.6. The summed E-state index contributed by atoms with van der Waals surface area (Å²) in [4.78, 5) is 13.6. The zero-order valence-corrected chi connectivity index (χ0v) is 15.9. The van der Waals surface area contributed by atoms with E-state index >= 15 is 0 Å². The molecule has 1 aliphatic rings. The Morgan fingerprint density at radius 3 is 2.65 bits per heavy atom. The largest absolute Gasteiger partial charge is 0.381 e. The fraction of sp³-hybridized carbons (Fsp3) is 0.667. The lowest BCUT2D eigenvalue weighted by Crippen LogP contribution is -2.28. The van der Waals surface area contributed by atoms with Crippen molar-refractivity contribution in [2.45, 2.75) is 52.2 Å². The topological polar surface area (TPSA) is 95.2 Å². The zero-order valence-electron chi connectivity index (χ0n) is 15.9. The molecule has 0 bridgehead atoms. The summed E-state index contributed by atoms with van der Waals surface area (Å²) in [7, 11) is 1.63. The highest BCUT2D eigenvalue weighted by Gasteiger charge is 2.31. The minimum absolute atomic E-state index is 0.108. The molecule has 8 nitrogen and oxygen atoms in total. The molecule has 3 heterocycles. The number of aromatic nitrogens is 4. The molecular weight excluding hydrogens is 334 g/mol. The number of ether oxygens (including phenoxy) is 2. The fourth-order valence-corrected chi connectivity index (χ4v) is 3.10. The van der Waals surface area contributed by atoms with E-state index in [9.17, 15) is 0 Å². The van der Waals surface area contributed by atoms with Crippen molar-refractivity contribution in [1.29, 1.82) is 0 Å². The Bertz CT molecular complexity index is 713. The van der Waals surface area contributed by atoms with E-state index in [4.69, 9.17) is 14.0 Å². The van der Waals surface area contributed by atoms with Crippen LogP contribution in [0.4, 0.5) is 5.82 Å². The van der Waals surface area contributed by atoms with Gasteiger partial charge in [-0.25, -0.2) is 9.97 Å². The zero-order chi connectivity index (χ0) is 18.5. The average molecular weight is 361 g/mol. The summed E-state index contributed by atoms with van der Waals surface area (Å²) in [5.41, 5.74) is 0.883. The van der Waals surface area contributed by atoms with Crippen molar-refractivity contribution in [1.82, 2.24) is 20.1 Å². The van der Waals surface area contributed by atoms with Crippen molar-refractivity contribution in [2.24, 2.45) is 5.92 Å². The highest BCUT2D eigenvalue weighted by atomic mass is 16.5. The first-order valence-corrected chi connectivity index (χ1v) is 9.08. The standard InChI is InChI=1S/C18H27N5O3/c1-11(2)17-22-18(26-23-17)16(13-5-7-25-8-6-13)21-14-9-12(3)19-15(20-14)10-24-4/h9,11,13,16H,5-8,10H2,1-4H3,(H,19,20,21)/t16-/m0/s1. The Morgan fingerprint density at radius 2 is 2.00 bits per heavy atom. The third-order valence-electron chi connectivity index (χ3n) is 4.45. The van der Waals surface area contributed by atoms with Crippen molar-refractivity contribution < 1.29 is 14.0 Å². The first-order valence-electron chi connectivity index (χ1n) is 9.08. The van der Waals surface area contributed by atoms with Crippen molar-refractivity contribution in [3.8, 4) is 0 Å². The van der Waals surface area contributed by atoms with Crippen LogP contribution in [0.3, 0.4) is 0 Å². The lowest BCUT2D eigenvalue weighted by atomic mass is 9.91. The van der Waals surface area contributed by atoms with Crippen LogP contribution in [0.15, 0.2) is 10.6 Å². The molecule has 26 heavy (non-hydrogen) atoms. The maximum absolute atomic E-state index is 5.59. The second kappa shape index (κ2) is 8.55. The maximum atomic E-state index is 5.59. The number of nitrogens with zero attached hydrogens (tertiary/aromatic N) is 4. The van der Waals surface area contributed by atoms with Gasteiger partial charge in [0.05, 0.1) is 0 Å². The van der Waals surface area contributed by atoms with E-state index in [-0.39, 0.29) is 12.0 Å². The van der Waals surface area contributed by atoms with Crippen LogP contribution in [0.25, 0.3) is 0 Å². The lowest BCUT2D eigenvalue weighted by Gasteiger charge is -2.29. The molecule has 2 aromatic heterocycles. The number of methoxy groups -OCH3 is 1. The minimum atomic E-state index is -0.108. The molecule has 1 atom stereocenters. The monoisotopic (exact) mass is 361 g/mol. The molecule has 1 aliphatic heterocycles. The third kappa shape index (κ3) is 4.56. The van der Waals surface area contributed by atoms with E-state index in [2.05, 4.69) is 39.3 Å². The fourth-order valence-electron chi connectivity index (χ4n) is 3.10. The smallest absolute Gasteiger partial charge is 0.249 e. The van der Waals surface area contributed by atoms with Crippen LogP contribution < -0.4 is 5.32 Å². The predicted octanol–water partition coefficient (Wildman–Crippen LogP) is 3.02. The van der Waals surface area contributed by atoms with Gasteiger partial charge in [-0.3, -0.25) is 0 Å². The van der Waals surface area contributed by atoms with E-state index in [0.29, 0.717) is 24.2 Å². The second-order valence-corrected chi connectivity index (χ2v) is 6.96. The number of hydrogen-bond donors (Lipinski definition) is 1. The Labute approximate surface area is 153 Å². The summed E-state index contributed by atoms with van der Waals surface area (Å²) in [6.45, 7) is 7.90. The van der Waals surface area contributed by atoms with Gasteiger partial charge in [-0.15, -0.1) is 0 Å². The van der Waals surface area contributed by atoms with Gasteiger partial charge in [-0.2, -0.15) is 4.98 Å². The molecular formula is C18H27N5O3. The molecule has 3 rings (SSSR count). The van der Waals surface area contributed by atoms with Crippen LogP contribution in [0.1, 0.15) is 61.9 Å². The van der Waals surface area contributed by atoms with Crippen LogP contribution in [0.2, 0.25) is 0 Å². The Hall–Kier alpha value is -2.06. The van der Waals surface area contributed by atoms with E-state index in [1.165, 1.54) is 0 Å². The quantitative estimate of drug-likeness (QED) is 0.804. The van der Waals surface area contributed by atoms with Crippen molar-refractivity contribution in [2.75, 3.05) is 25.6 Å². The van der Waals surface area contributed by atoms with Crippen molar-refractivity contribution >= 4 is 5.82 Å².